The van der Waals surface area contributed by atoms with Crippen molar-refractivity contribution in [3.8, 4) is 11.5 Å². The Hall–Kier alpha value is -1.73. The predicted molar refractivity (Wildman–Crippen MR) is 79.1 cm³/mol. The van der Waals surface area contributed by atoms with E-state index in [2.05, 4.69) is 5.32 Å². The fourth-order valence-electron chi connectivity index (χ4n) is 2.19. The van der Waals surface area contributed by atoms with Gasteiger partial charge >= 0.3 is 0 Å². The van der Waals surface area contributed by atoms with Gasteiger partial charge in [-0.2, -0.15) is 8.78 Å². The molecule has 2 aromatic rings. The minimum atomic E-state index is -2.38. The van der Waals surface area contributed by atoms with Gasteiger partial charge in [-0.15, -0.1) is 0 Å². The number of alkyl halides is 2. The lowest BCUT2D eigenvalue weighted by molar-refractivity contribution is 0.173. The molecule has 2 heterocycles. The van der Waals surface area contributed by atoms with Crippen LogP contribution in [0.4, 0.5) is 8.78 Å². The highest BCUT2D eigenvalue weighted by Gasteiger charge is 2.16. The quantitative estimate of drug-likeness (QED) is 0.839. The number of benzene rings is 1. The van der Waals surface area contributed by atoms with Crippen molar-refractivity contribution in [1.29, 1.82) is 0 Å². The lowest BCUT2D eigenvalue weighted by Crippen LogP contribution is -2.12. The number of thioether (sulfide) groups is 1. The van der Waals surface area contributed by atoms with E-state index in [9.17, 15) is 8.78 Å². The van der Waals surface area contributed by atoms with Gasteiger partial charge in [0.05, 0.1) is 12.3 Å². The topological polar surface area (TPSA) is 43.6 Å². The van der Waals surface area contributed by atoms with Crippen molar-refractivity contribution in [2.24, 2.45) is 0 Å². The molecule has 4 nitrogen and oxygen atoms in total. The average Bonchev–Trinajstić information content (AvgIpc) is 3.14. The summed E-state index contributed by atoms with van der Waals surface area (Å²) in [7, 11) is 0. The number of furan rings is 1. The zero-order chi connectivity index (χ0) is 15.4. The Kier molecular flexibility index (Phi) is 4.84. The fraction of sp³-hybridized carbons (Fsp3) is 0.333. The van der Waals surface area contributed by atoms with E-state index in [4.69, 9.17) is 13.9 Å². The van der Waals surface area contributed by atoms with Crippen LogP contribution in [0.25, 0.3) is 0 Å². The summed E-state index contributed by atoms with van der Waals surface area (Å²) < 4.78 is 40.5. The number of ether oxygens (including phenoxy) is 2. The van der Waals surface area contributed by atoms with Gasteiger partial charge in [-0.3, -0.25) is 0 Å². The first-order valence-corrected chi connectivity index (χ1v) is 7.83. The Morgan fingerprint density at radius 2 is 1.95 bits per heavy atom. The number of para-hydroxylation sites is 1. The molecule has 1 aromatic heterocycles. The second-order valence-electron chi connectivity index (χ2n) is 4.69. The van der Waals surface area contributed by atoms with E-state index in [1.807, 2.05) is 18.2 Å². The third-order valence-corrected chi connectivity index (χ3v) is 3.86. The van der Waals surface area contributed by atoms with Gasteiger partial charge in [0, 0.05) is 12.1 Å². The van der Waals surface area contributed by atoms with Gasteiger partial charge in [0.15, 0.2) is 11.5 Å². The molecule has 22 heavy (non-hydrogen) atoms. The predicted octanol–water partition coefficient (Wildman–Crippen LogP) is 3.75. The summed E-state index contributed by atoms with van der Waals surface area (Å²) in [5.41, 5.74) is 1.01. The minimum Gasteiger partial charge on any atom is -0.464 e. The number of halogens is 2. The summed E-state index contributed by atoms with van der Waals surface area (Å²) in [6.07, 6.45) is 0. The van der Waals surface area contributed by atoms with Crippen LogP contribution in [0, 0.1) is 0 Å². The summed E-state index contributed by atoms with van der Waals surface area (Å²) in [4.78, 5) is 0. The lowest BCUT2D eigenvalue weighted by Gasteiger charge is -2.06. The van der Waals surface area contributed by atoms with Gasteiger partial charge in [-0.05, 0) is 18.2 Å². The molecule has 0 bridgehead atoms. The minimum absolute atomic E-state index is 0.176. The van der Waals surface area contributed by atoms with E-state index in [1.165, 1.54) is 0 Å². The summed E-state index contributed by atoms with van der Waals surface area (Å²) in [5, 5.41) is 3.24. The molecule has 0 aliphatic carbocycles. The van der Waals surface area contributed by atoms with Crippen LogP contribution in [0.1, 0.15) is 17.1 Å². The Morgan fingerprint density at radius 3 is 2.82 bits per heavy atom. The molecule has 1 aromatic carbocycles. The molecular weight excluding hydrogens is 312 g/mol. The van der Waals surface area contributed by atoms with E-state index in [1.54, 1.807) is 12.1 Å². The van der Waals surface area contributed by atoms with Crippen molar-refractivity contribution >= 4 is 11.8 Å². The summed E-state index contributed by atoms with van der Waals surface area (Å²) in [6.45, 7) is 1.37. The van der Waals surface area contributed by atoms with E-state index in [0.717, 1.165) is 22.8 Å². The summed E-state index contributed by atoms with van der Waals surface area (Å²) >= 11 is 0.554. The van der Waals surface area contributed by atoms with Crippen LogP contribution in [0.2, 0.25) is 0 Å². The first-order chi connectivity index (χ1) is 10.7. The van der Waals surface area contributed by atoms with Crippen LogP contribution >= 0.6 is 11.8 Å². The van der Waals surface area contributed by atoms with Gasteiger partial charge < -0.3 is 19.2 Å². The molecule has 1 aliphatic rings. The molecule has 0 radical (unpaired) electrons. The Labute approximate surface area is 130 Å². The average molecular weight is 327 g/mol. The molecule has 0 spiro atoms. The first-order valence-electron chi connectivity index (χ1n) is 6.78. The third kappa shape index (κ3) is 3.72. The molecule has 0 unspecified atom stereocenters. The van der Waals surface area contributed by atoms with Gasteiger partial charge in [-0.1, -0.05) is 23.9 Å². The zero-order valence-electron chi connectivity index (χ0n) is 11.7. The number of hydrogen-bond donors (Lipinski definition) is 1. The lowest BCUT2D eigenvalue weighted by atomic mass is 10.2. The Bertz CT molecular complexity index is 633. The molecule has 0 fully saturated rings. The van der Waals surface area contributed by atoms with Crippen LogP contribution < -0.4 is 14.8 Å². The highest BCUT2D eigenvalue weighted by molar-refractivity contribution is 7.98. The van der Waals surface area contributed by atoms with Gasteiger partial charge in [-0.25, -0.2) is 0 Å². The highest BCUT2D eigenvalue weighted by Crippen LogP contribution is 2.35. The standard InChI is InChI=1S/C15H15F2NO3S/c16-15(17)22-8-12-5-4-11(21-12)7-18-6-10-2-1-3-13-14(10)20-9-19-13/h1-5,15,18H,6-9H2. The number of fused-ring (bicyclic) bond motifs is 1. The molecule has 7 heteroatoms. The molecule has 1 N–H and O–H groups in total. The van der Waals surface area contributed by atoms with E-state index < -0.39 is 5.76 Å². The number of nitrogens with one attached hydrogen (secondary N) is 1. The Balaban J connectivity index is 1.50. The second kappa shape index (κ2) is 7.02. The van der Waals surface area contributed by atoms with Crippen molar-refractivity contribution in [2.45, 2.75) is 24.6 Å². The van der Waals surface area contributed by atoms with Crippen LogP contribution in [0.3, 0.4) is 0 Å². The molecular formula is C15H15F2NO3S. The number of rotatable bonds is 7. The number of hydrogen-bond acceptors (Lipinski definition) is 5. The van der Waals surface area contributed by atoms with Crippen molar-refractivity contribution < 1.29 is 22.7 Å². The second-order valence-corrected chi connectivity index (χ2v) is 5.67. The van der Waals surface area contributed by atoms with E-state index >= 15 is 0 Å². The van der Waals surface area contributed by atoms with Crippen molar-refractivity contribution in [3.63, 3.8) is 0 Å². The monoisotopic (exact) mass is 327 g/mol. The van der Waals surface area contributed by atoms with Gasteiger partial charge in [0.1, 0.15) is 11.5 Å². The van der Waals surface area contributed by atoms with Crippen LogP contribution in [0.5, 0.6) is 11.5 Å². The smallest absolute Gasteiger partial charge is 0.284 e. The first kappa shape index (κ1) is 15.2. The Morgan fingerprint density at radius 1 is 1.09 bits per heavy atom. The maximum absolute atomic E-state index is 12.1. The largest absolute Gasteiger partial charge is 0.464 e. The van der Waals surface area contributed by atoms with E-state index in [0.29, 0.717) is 30.6 Å². The summed E-state index contributed by atoms with van der Waals surface area (Å²) in [6, 6.07) is 9.27. The zero-order valence-corrected chi connectivity index (χ0v) is 12.5. The molecule has 0 amide bonds. The maximum atomic E-state index is 12.1. The highest BCUT2D eigenvalue weighted by atomic mass is 32.2. The third-order valence-electron chi connectivity index (χ3n) is 3.16. The SMILES string of the molecule is FC(F)SCc1ccc(CNCc2cccc3c2OCO3)o1. The van der Waals surface area contributed by atoms with Gasteiger partial charge in [0.25, 0.3) is 5.76 Å². The summed E-state index contributed by atoms with van der Waals surface area (Å²) in [5.74, 6) is 0.588. The molecule has 0 atom stereocenters. The van der Waals surface area contributed by atoms with Crippen molar-refractivity contribution in [2.75, 3.05) is 6.79 Å². The molecule has 0 saturated heterocycles. The van der Waals surface area contributed by atoms with Gasteiger partial charge in [0.2, 0.25) is 6.79 Å². The van der Waals surface area contributed by atoms with Crippen molar-refractivity contribution in [3.05, 3.63) is 47.4 Å². The van der Waals surface area contributed by atoms with E-state index in [-0.39, 0.29) is 12.5 Å². The fourth-order valence-corrected chi connectivity index (χ4v) is 2.64. The van der Waals surface area contributed by atoms with Crippen LogP contribution in [0.15, 0.2) is 34.7 Å². The van der Waals surface area contributed by atoms with Crippen molar-refractivity contribution in [1.82, 2.24) is 5.32 Å². The molecule has 3 rings (SSSR count). The normalized spacial score (nSPS) is 13.0. The van der Waals surface area contributed by atoms with Crippen LogP contribution in [-0.2, 0) is 18.8 Å². The van der Waals surface area contributed by atoms with Crippen LogP contribution in [-0.4, -0.2) is 12.6 Å². The molecule has 0 saturated carbocycles. The molecule has 118 valence electrons. The molecule has 1 aliphatic heterocycles. The maximum Gasteiger partial charge on any atom is 0.284 e.